The first-order valence-corrected chi connectivity index (χ1v) is 7.69. The van der Waals surface area contributed by atoms with E-state index in [0.717, 1.165) is 18.7 Å². The molecule has 0 aliphatic rings. The van der Waals surface area contributed by atoms with Gasteiger partial charge < -0.3 is 15.0 Å². The number of carbonyl (C=O) groups excluding carboxylic acids is 1. The Morgan fingerprint density at radius 2 is 2.04 bits per heavy atom. The van der Waals surface area contributed by atoms with Crippen molar-refractivity contribution in [2.45, 2.75) is 26.2 Å². The molecular formula is C17H24N4O2. The van der Waals surface area contributed by atoms with Crippen LogP contribution in [0.25, 0.3) is 0 Å². The van der Waals surface area contributed by atoms with Gasteiger partial charge in [-0.05, 0) is 26.6 Å². The minimum absolute atomic E-state index is 0.196. The Morgan fingerprint density at radius 3 is 2.74 bits per heavy atom. The van der Waals surface area contributed by atoms with Crippen molar-refractivity contribution < 1.29 is 9.53 Å². The summed E-state index contributed by atoms with van der Waals surface area (Å²) in [6, 6.07) is 11.6. The highest BCUT2D eigenvalue weighted by molar-refractivity contribution is 5.92. The number of benzene rings is 1. The molecule has 23 heavy (non-hydrogen) atoms. The van der Waals surface area contributed by atoms with Crippen LogP contribution >= 0.6 is 0 Å². The molecule has 0 bridgehead atoms. The highest BCUT2D eigenvalue weighted by Crippen LogP contribution is 2.07. The van der Waals surface area contributed by atoms with Crippen molar-refractivity contribution in [3.8, 4) is 0 Å². The van der Waals surface area contributed by atoms with Crippen molar-refractivity contribution in [3.05, 3.63) is 48.2 Å². The molecule has 0 aliphatic carbocycles. The molecule has 1 heterocycles. The molecule has 1 atom stereocenters. The van der Waals surface area contributed by atoms with Crippen molar-refractivity contribution in [1.82, 2.24) is 14.7 Å². The summed E-state index contributed by atoms with van der Waals surface area (Å²) in [4.78, 5) is 14.2. The van der Waals surface area contributed by atoms with E-state index in [0.29, 0.717) is 12.4 Å². The lowest BCUT2D eigenvalue weighted by atomic mass is 10.2. The van der Waals surface area contributed by atoms with Crippen LogP contribution in [0.1, 0.15) is 12.5 Å². The van der Waals surface area contributed by atoms with Gasteiger partial charge in [-0.15, -0.1) is 0 Å². The summed E-state index contributed by atoms with van der Waals surface area (Å²) in [6.07, 6.45) is 1.32. The predicted molar refractivity (Wildman–Crippen MR) is 90.1 cm³/mol. The van der Waals surface area contributed by atoms with Crippen molar-refractivity contribution in [3.63, 3.8) is 0 Å². The number of ether oxygens (including phenoxy) is 1. The summed E-state index contributed by atoms with van der Waals surface area (Å²) in [7, 11) is 4.02. The smallest absolute Gasteiger partial charge is 0.254 e. The second-order valence-electron chi connectivity index (χ2n) is 5.70. The number of anilines is 1. The molecule has 0 aliphatic heterocycles. The van der Waals surface area contributed by atoms with Gasteiger partial charge in [0.15, 0.2) is 5.82 Å². The van der Waals surface area contributed by atoms with Gasteiger partial charge in [0.1, 0.15) is 6.10 Å². The molecule has 2 aromatic rings. The Kier molecular flexibility index (Phi) is 6.31. The zero-order valence-electron chi connectivity index (χ0n) is 13.9. The summed E-state index contributed by atoms with van der Waals surface area (Å²) in [5, 5.41) is 7.10. The molecule has 1 aromatic carbocycles. The van der Waals surface area contributed by atoms with Crippen LogP contribution in [0.2, 0.25) is 0 Å². The first kappa shape index (κ1) is 17.2. The minimum atomic E-state index is -0.540. The summed E-state index contributed by atoms with van der Waals surface area (Å²) in [6.45, 7) is 3.82. The molecule has 124 valence electrons. The molecule has 1 N–H and O–H groups in total. The Balaban J connectivity index is 1.79. The molecule has 2 rings (SSSR count). The molecule has 6 nitrogen and oxygen atoms in total. The second kappa shape index (κ2) is 8.45. The largest absolute Gasteiger partial charge is 0.364 e. The number of hydrogen-bond acceptors (Lipinski definition) is 4. The van der Waals surface area contributed by atoms with Crippen molar-refractivity contribution in [2.24, 2.45) is 0 Å². The first-order valence-electron chi connectivity index (χ1n) is 7.69. The summed E-state index contributed by atoms with van der Waals surface area (Å²) in [5.41, 5.74) is 1.04. The van der Waals surface area contributed by atoms with Gasteiger partial charge >= 0.3 is 0 Å². The van der Waals surface area contributed by atoms with Crippen molar-refractivity contribution in [1.29, 1.82) is 0 Å². The van der Waals surface area contributed by atoms with Gasteiger partial charge in [0, 0.05) is 18.8 Å². The van der Waals surface area contributed by atoms with E-state index in [1.54, 1.807) is 13.0 Å². The lowest BCUT2D eigenvalue weighted by Gasteiger charge is -2.12. The predicted octanol–water partition coefficient (Wildman–Crippen LogP) is 1.99. The maximum atomic E-state index is 12.1. The highest BCUT2D eigenvalue weighted by atomic mass is 16.5. The number of nitrogens with one attached hydrogen (secondary N) is 1. The quantitative estimate of drug-likeness (QED) is 0.809. The number of rotatable bonds is 8. The van der Waals surface area contributed by atoms with Gasteiger partial charge in [0.05, 0.1) is 13.2 Å². The summed E-state index contributed by atoms with van der Waals surface area (Å²) >= 11 is 0. The number of carbonyl (C=O) groups is 1. The highest BCUT2D eigenvalue weighted by Gasteiger charge is 2.14. The van der Waals surface area contributed by atoms with Crippen LogP contribution in [-0.4, -0.2) is 47.3 Å². The lowest BCUT2D eigenvalue weighted by molar-refractivity contribution is -0.127. The molecule has 0 saturated carbocycles. The normalized spacial score (nSPS) is 12.3. The maximum absolute atomic E-state index is 12.1. The summed E-state index contributed by atoms with van der Waals surface area (Å²) < 4.78 is 7.41. The van der Waals surface area contributed by atoms with Crippen LogP contribution in [0.3, 0.4) is 0 Å². The average molecular weight is 316 g/mol. The number of aromatic nitrogens is 2. The fourth-order valence-electron chi connectivity index (χ4n) is 1.95. The third-order valence-corrected chi connectivity index (χ3v) is 3.38. The number of hydrogen-bond donors (Lipinski definition) is 1. The Morgan fingerprint density at radius 1 is 1.30 bits per heavy atom. The SMILES string of the molecule is C[C@@H](OCc1ccccc1)C(=O)Nc1ccn(CCN(C)C)n1. The second-order valence-corrected chi connectivity index (χ2v) is 5.70. The third kappa shape index (κ3) is 5.84. The van der Waals surface area contributed by atoms with E-state index in [2.05, 4.69) is 15.3 Å². The minimum Gasteiger partial charge on any atom is -0.364 e. The van der Waals surface area contributed by atoms with Gasteiger partial charge in [0.2, 0.25) is 0 Å². The average Bonchev–Trinajstić information content (AvgIpc) is 2.99. The molecule has 1 amide bonds. The fraction of sp³-hybridized carbons (Fsp3) is 0.412. The molecule has 0 fully saturated rings. The molecule has 0 unspecified atom stereocenters. The molecular weight excluding hydrogens is 292 g/mol. The van der Waals surface area contributed by atoms with Gasteiger partial charge in [-0.2, -0.15) is 5.10 Å². The standard InChI is InChI=1S/C17H24N4O2/c1-14(23-13-15-7-5-4-6-8-15)17(22)18-16-9-10-21(19-16)12-11-20(2)3/h4-10,14H,11-13H2,1-3H3,(H,18,19,22)/t14-/m1/s1. The van der Waals surface area contributed by atoms with Crippen LogP contribution in [0, 0.1) is 0 Å². The number of nitrogens with zero attached hydrogens (tertiary/aromatic N) is 3. The zero-order valence-corrected chi connectivity index (χ0v) is 13.9. The third-order valence-electron chi connectivity index (χ3n) is 3.38. The molecule has 6 heteroatoms. The Bertz CT molecular complexity index is 610. The van der Waals surface area contributed by atoms with Crippen molar-refractivity contribution >= 4 is 11.7 Å². The Hall–Kier alpha value is -2.18. The molecule has 0 saturated heterocycles. The topological polar surface area (TPSA) is 59.4 Å². The monoisotopic (exact) mass is 316 g/mol. The van der Waals surface area contributed by atoms with Crippen LogP contribution in [0.5, 0.6) is 0 Å². The van der Waals surface area contributed by atoms with E-state index >= 15 is 0 Å². The van der Waals surface area contributed by atoms with Gasteiger partial charge in [-0.3, -0.25) is 9.48 Å². The maximum Gasteiger partial charge on any atom is 0.254 e. The van der Waals surface area contributed by atoms with Crippen LogP contribution in [-0.2, 0) is 22.7 Å². The van der Waals surface area contributed by atoms with Crippen LogP contribution in [0.15, 0.2) is 42.6 Å². The van der Waals surface area contributed by atoms with E-state index in [4.69, 9.17) is 4.74 Å². The van der Waals surface area contributed by atoms with Gasteiger partial charge in [0.25, 0.3) is 5.91 Å². The van der Waals surface area contributed by atoms with E-state index in [9.17, 15) is 4.79 Å². The van der Waals surface area contributed by atoms with E-state index in [1.807, 2.05) is 55.3 Å². The van der Waals surface area contributed by atoms with Crippen LogP contribution in [0.4, 0.5) is 5.82 Å². The van der Waals surface area contributed by atoms with Gasteiger partial charge in [-0.25, -0.2) is 0 Å². The van der Waals surface area contributed by atoms with Crippen LogP contribution < -0.4 is 5.32 Å². The van der Waals surface area contributed by atoms with E-state index in [1.165, 1.54) is 0 Å². The first-order chi connectivity index (χ1) is 11.0. The number of amides is 1. The summed E-state index contributed by atoms with van der Waals surface area (Å²) in [5.74, 6) is 0.350. The number of likely N-dealkylation sites (N-methyl/N-ethyl adjacent to an activating group) is 1. The zero-order chi connectivity index (χ0) is 16.7. The van der Waals surface area contributed by atoms with E-state index < -0.39 is 6.10 Å². The fourth-order valence-corrected chi connectivity index (χ4v) is 1.95. The molecule has 0 spiro atoms. The lowest BCUT2D eigenvalue weighted by Crippen LogP contribution is -2.28. The van der Waals surface area contributed by atoms with Gasteiger partial charge in [-0.1, -0.05) is 30.3 Å². The Labute approximate surface area is 137 Å². The molecule has 0 radical (unpaired) electrons. The van der Waals surface area contributed by atoms with E-state index in [-0.39, 0.29) is 5.91 Å². The molecule has 1 aromatic heterocycles. The van der Waals surface area contributed by atoms with Crippen molar-refractivity contribution in [2.75, 3.05) is 26.0 Å².